The fourth-order valence-electron chi connectivity index (χ4n) is 2.76. The second-order valence-corrected chi connectivity index (χ2v) is 6.25. The first-order valence-electron chi connectivity index (χ1n) is 7.44. The van der Waals surface area contributed by atoms with Crippen molar-refractivity contribution in [1.82, 2.24) is 20.1 Å². The largest absolute Gasteiger partial charge is 0.487 e. The zero-order chi connectivity index (χ0) is 17.3. The van der Waals surface area contributed by atoms with Crippen molar-refractivity contribution in [1.29, 1.82) is 5.26 Å². The summed E-state index contributed by atoms with van der Waals surface area (Å²) >= 11 is 0. The summed E-state index contributed by atoms with van der Waals surface area (Å²) < 4.78 is 20.5. The molecule has 24 heavy (non-hydrogen) atoms. The Bertz CT molecular complexity index is 824. The fourth-order valence-corrected chi connectivity index (χ4v) is 2.76. The molecule has 124 valence electrons. The van der Waals surface area contributed by atoms with Crippen LogP contribution >= 0.6 is 0 Å². The van der Waals surface area contributed by atoms with E-state index in [4.69, 9.17) is 10.00 Å². The van der Waals surface area contributed by atoms with Gasteiger partial charge in [0.1, 0.15) is 36.1 Å². The summed E-state index contributed by atoms with van der Waals surface area (Å²) in [6, 6.07) is 5.80. The van der Waals surface area contributed by atoms with Crippen molar-refractivity contribution < 1.29 is 13.9 Å². The van der Waals surface area contributed by atoms with Crippen molar-refractivity contribution in [3.05, 3.63) is 41.7 Å². The molecule has 0 saturated carbocycles. The van der Waals surface area contributed by atoms with Crippen molar-refractivity contribution in [2.75, 3.05) is 0 Å². The summed E-state index contributed by atoms with van der Waals surface area (Å²) in [6.45, 7) is 3.72. The third-order valence-electron chi connectivity index (χ3n) is 3.71. The third-order valence-corrected chi connectivity index (χ3v) is 3.71. The Morgan fingerprint density at radius 3 is 3.08 bits per heavy atom. The maximum atomic E-state index is 13.4. The Hall–Kier alpha value is -2.95. The van der Waals surface area contributed by atoms with Crippen LogP contribution in [0.15, 0.2) is 24.5 Å². The van der Waals surface area contributed by atoms with Gasteiger partial charge in [-0.1, -0.05) is 6.07 Å². The van der Waals surface area contributed by atoms with E-state index in [2.05, 4.69) is 15.4 Å². The molecule has 1 N–H and O–H groups in total. The first-order valence-corrected chi connectivity index (χ1v) is 7.44. The second kappa shape index (κ2) is 5.92. The van der Waals surface area contributed by atoms with Gasteiger partial charge >= 0.3 is 0 Å². The number of fused-ring (bicyclic) bond motifs is 1. The number of rotatable bonds is 3. The number of halogens is 1. The van der Waals surface area contributed by atoms with E-state index in [0.29, 0.717) is 12.2 Å². The lowest BCUT2D eigenvalue weighted by molar-refractivity contribution is -0.123. The van der Waals surface area contributed by atoms with Crippen LogP contribution < -0.4 is 10.1 Å². The molecule has 1 amide bonds. The van der Waals surface area contributed by atoms with Crippen LogP contribution in [-0.4, -0.2) is 26.3 Å². The van der Waals surface area contributed by atoms with Crippen LogP contribution in [-0.2, 0) is 11.3 Å². The second-order valence-electron chi connectivity index (χ2n) is 6.25. The van der Waals surface area contributed by atoms with E-state index >= 15 is 0 Å². The molecule has 1 aromatic carbocycles. The van der Waals surface area contributed by atoms with E-state index in [0.717, 1.165) is 5.56 Å². The minimum absolute atomic E-state index is 0.0100. The Labute approximate surface area is 138 Å². The van der Waals surface area contributed by atoms with Gasteiger partial charge in [0, 0.05) is 18.1 Å². The smallest absolute Gasteiger partial charge is 0.252 e. The van der Waals surface area contributed by atoms with Crippen molar-refractivity contribution >= 4 is 5.91 Å². The molecule has 1 aliphatic heterocycles. The van der Waals surface area contributed by atoms with Crippen LogP contribution in [0.1, 0.15) is 37.7 Å². The topological polar surface area (TPSA) is 92.8 Å². The number of amides is 1. The van der Waals surface area contributed by atoms with Crippen LogP contribution in [0.25, 0.3) is 0 Å². The molecule has 0 aliphatic carbocycles. The number of aromatic nitrogens is 3. The standard InChI is InChI=1S/C16H16FN5O2/c1-16(2)6-12(11-4-3-10(17)5-13(11)24-16)20-15(23)8-22-9-19-14(7-18)21-22/h3-5,9,12H,6,8H2,1-2H3,(H,20,23). The molecule has 3 rings (SSSR count). The Morgan fingerprint density at radius 2 is 2.38 bits per heavy atom. The molecule has 7 nitrogen and oxygen atoms in total. The van der Waals surface area contributed by atoms with Crippen molar-refractivity contribution in [2.24, 2.45) is 0 Å². The number of nitrogens with zero attached hydrogens (tertiary/aromatic N) is 4. The summed E-state index contributed by atoms with van der Waals surface area (Å²) in [5.41, 5.74) is 0.209. The molecule has 8 heteroatoms. The number of nitriles is 1. The third kappa shape index (κ3) is 3.35. The summed E-state index contributed by atoms with van der Waals surface area (Å²) in [5, 5.41) is 15.5. The van der Waals surface area contributed by atoms with Gasteiger partial charge in [-0.05, 0) is 19.9 Å². The highest BCUT2D eigenvalue weighted by Gasteiger charge is 2.34. The minimum atomic E-state index is -0.528. The summed E-state index contributed by atoms with van der Waals surface area (Å²) in [6.07, 6.45) is 1.88. The predicted molar refractivity (Wildman–Crippen MR) is 81.3 cm³/mol. The van der Waals surface area contributed by atoms with E-state index in [-0.39, 0.29) is 30.1 Å². The van der Waals surface area contributed by atoms with Crippen molar-refractivity contribution in [3.63, 3.8) is 0 Å². The lowest BCUT2D eigenvalue weighted by Gasteiger charge is -2.37. The van der Waals surface area contributed by atoms with Gasteiger partial charge in [0.2, 0.25) is 5.91 Å². The van der Waals surface area contributed by atoms with E-state index in [9.17, 15) is 9.18 Å². The molecule has 2 heterocycles. The number of benzene rings is 1. The van der Waals surface area contributed by atoms with E-state index in [1.165, 1.54) is 23.1 Å². The monoisotopic (exact) mass is 329 g/mol. The molecular formula is C16H16FN5O2. The van der Waals surface area contributed by atoms with Gasteiger partial charge in [0.05, 0.1) is 6.04 Å². The van der Waals surface area contributed by atoms with Gasteiger partial charge in [0.25, 0.3) is 5.82 Å². The maximum absolute atomic E-state index is 13.4. The number of carbonyl (C=O) groups is 1. The normalized spacial score (nSPS) is 18.2. The Morgan fingerprint density at radius 1 is 1.58 bits per heavy atom. The molecule has 1 unspecified atom stereocenters. The van der Waals surface area contributed by atoms with Crippen LogP contribution in [0.2, 0.25) is 0 Å². The molecule has 1 aromatic heterocycles. The van der Waals surface area contributed by atoms with Crippen LogP contribution in [0.4, 0.5) is 4.39 Å². The van der Waals surface area contributed by atoms with E-state index in [1.54, 1.807) is 12.1 Å². The highest BCUT2D eigenvalue weighted by Crippen LogP contribution is 2.39. The maximum Gasteiger partial charge on any atom is 0.252 e. The number of carbonyl (C=O) groups excluding carboxylic acids is 1. The van der Waals surface area contributed by atoms with Crippen molar-refractivity contribution in [3.8, 4) is 11.8 Å². The molecule has 0 saturated heterocycles. The highest BCUT2D eigenvalue weighted by atomic mass is 19.1. The lowest BCUT2D eigenvalue weighted by atomic mass is 9.89. The molecule has 0 radical (unpaired) electrons. The van der Waals surface area contributed by atoms with Gasteiger partial charge in [-0.2, -0.15) is 5.26 Å². The number of hydrogen-bond donors (Lipinski definition) is 1. The molecule has 0 bridgehead atoms. The summed E-state index contributed by atoms with van der Waals surface area (Å²) in [4.78, 5) is 16.0. The molecule has 0 spiro atoms. The predicted octanol–water partition coefficient (Wildman–Crippen LogP) is 1.71. The number of hydrogen-bond acceptors (Lipinski definition) is 5. The van der Waals surface area contributed by atoms with Crippen molar-refractivity contribution in [2.45, 2.75) is 38.5 Å². The molecule has 2 aromatic rings. The molecular weight excluding hydrogens is 313 g/mol. The minimum Gasteiger partial charge on any atom is -0.487 e. The van der Waals surface area contributed by atoms with E-state index in [1.807, 2.05) is 13.8 Å². The van der Waals surface area contributed by atoms with Crippen LogP contribution in [0.3, 0.4) is 0 Å². The lowest BCUT2D eigenvalue weighted by Crippen LogP contribution is -2.42. The van der Waals surface area contributed by atoms with Gasteiger partial charge in [0.15, 0.2) is 0 Å². The van der Waals surface area contributed by atoms with Gasteiger partial charge < -0.3 is 10.1 Å². The summed E-state index contributed by atoms with van der Waals surface area (Å²) in [5.74, 6) is -0.217. The van der Waals surface area contributed by atoms with Crippen LogP contribution in [0.5, 0.6) is 5.75 Å². The average molecular weight is 329 g/mol. The number of nitrogens with one attached hydrogen (secondary N) is 1. The van der Waals surface area contributed by atoms with Crippen LogP contribution in [0, 0.1) is 17.1 Å². The first-order chi connectivity index (χ1) is 11.4. The van der Waals surface area contributed by atoms with Gasteiger partial charge in [-0.15, -0.1) is 5.10 Å². The Kier molecular flexibility index (Phi) is 3.93. The zero-order valence-corrected chi connectivity index (χ0v) is 13.3. The SMILES string of the molecule is CC1(C)CC(NC(=O)Cn2cnc(C#N)n2)c2ccc(F)cc2O1. The first kappa shape index (κ1) is 15.9. The zero-order valence-electron chi connectivity index (χ0n) is 13.3. The molecule has 1 aliphatic rings. The Balaban J connectivity index is 1.76. The fraction of sp³-hybridized carbons (Fsp3) is 0.375. The van der Waals surface area contributed by atoms with E-state index < -0.39 is 5.60 Å². The highest BCUT2D eigenvalue weighted by molar-refractivity contribution is 5.76. The molecule has 1 atom stereocenters. The average Bonchev–Trinajstić information content (AvgIpc) is 2.92. The summed E-state index contributed by atoms with van der Waals surface area (Å²) in [7, 11) is 0. The van der Waals surface area contributed by atoms with Gasteiger partial charge in [-0.3, -0.25) is 4.79 Å². The van der Waals surface area contributed by atoms with Gasteiger partial charge in [-0.25, -0.2) is 14.1 Å². The number of ether oxygens (including phenoxy) is 1. The quantitative estimate of drug-likeness (QED) is 0.925. The molecule has 0 fully saturated rings.